The van der Waals surface area contributed by atoms with Crippen molar-refractivity contribution in [2.24, 2.45) is 0 Å². The molecular formula is C27H22BrClN2O4. The van der Waals surface area contributed by atoms with E-state index >= 15 is 0 Å². The molecule has 3 aromatic carbocycles. The third-order valence-electron chi connectivity index (χ3n) is 5.45. The summed E-state index contributed by atoms with van der Waals surface area (Å²) in [5.74, 6) is -0.921. The largest absolute Gasteiger partial charge is 0.349 e. The predicted molar refractivity (Wildman–Crippen MR) is 139 cm³/mol. The summed E-state index contributed by atoms with van der Waals surface area (Å²) in [4.78, 5) is 39.8. The summed E-state index contributed by atoms with van der Waals surface area (Å²) in [7, 11) is 0. The van der Waals surface area contributed by atoms with Crippen LogP contribution in [0.4, 0.5) is 0 Å². The van der Waals surface area contributed by atoms with E-state index < -0.39 is 12.1 Å². The molecule has 1 amide bonds. The van der Waals surface area contributed by atoms with Crippen LogP contribution in [0.3, 0.4) is 0 Å². The van der Waals surface area contributed by atoms with Gasteiger partial charge in [0.1, 0.15) is 6.10 Å². The Kier molecular flexibility index (Phi) is 7.80. The number of carbonyl (C=O) groups excluding carboxylic acids is 2. The Hall–Kier alpha value is -3.26. The molecule has 35 heavy (non-hydrogen) atoms. The molecular weight excluding hydrogens is 532 g/mol. The second-order valence-corrected chi connectivity index (χ2v) is 9.20. The number of halogens is 2. The van der Waals surface area contributed by atoms with Gasteiger partial charge in [-0.15, -0.1) is 0 Å². The van der Waals surface area contributed by atoms with Crippen molar-refractivity contribution in [3.63, 3.8) is 0 Å². The molecule has 0 saturated carbocycles. The van der Waals surface area contributed by atoms with Crippen molar-refractivity contribution in [3.8, 4) is 11.3 Å². The van der Waals surface area contributed by atoms with Crippen LogP contribution >= 0.6 is 27.5 Å². The summed E-state index contributed by atoms with van der Waals surface area (Å²) in [5.41, 5.74) is 4.16. The van der Waals surface area contributed by atoms with Crippen molar-refractivity contribution in [2.45, 2.75) is 20.0 Å². The van der Waals surface area contributed by atoms with Crippen molar-refractivity contribution in [1.29, 1.82) is 0 Å². The first-order chi connectivity index (χ1) is 16.8. The van der Waals surface area contributed by atoms with E-state index in [4.69, 9.17) is 26.4 Å². The van der Waals surface area contributed by atoms with Crippen LogP contribution in [0.25, 0.3) is 22.2 Å². The van der Waals surface area contributed by atoms with Crippen molar-refractivity contribution in [2.75, 3.05) is 6.54 Å². The molecule has 0 fully saturated rings. The third kappa shape index (κ3) is 5.70. The molecule has 0 spiro atoms. The molecule has 4 rings (SSSR count). The lowest BCUT2D eigenvalue weighted by atomic mass is 9.97. The molecule has 0 bridgehead atoms. The summed E-state index contributed by atoms with van der Waals surface area (Å²) in [6.45, 7) is 3.14. The maximum Gasteiger partial charge on any atom is 0.339 e. The van der Waals surface area contributed by atoms with Crippen LogP contribution in [0, 0.1) is 6.92 Å². The first-order valence-corrected chi connectivity index (χ1v) is 12.0. The summed E-state index contributed by atoms with van der Waals surface area (Å²) in [5, 5.41) is 4.07. The highest BCUT2D eigenvalue weighted by Gasteiger charge is 2.23. The molecule has 0 aliphatic carbocycles. The van der Waals surface area contributed by atoms with Crippen molar-refractivity contribution in [3.05, 3.63) is 99.0 Å². The maximum absolute atomic E-state index is 13.6. The molecule has 0 aliphatic rings. The van der Waals surface area contributed by atoms with Gasteiger partial charge in [-0.3, -0.25) is 9.68 Å². The molecule has 0 radical (unpaired) electrons. The van der Waals surface area contributed by atoms with E-state index in [2.05, 4.69) is 21.2 Å². The van der Waals surface area contributed by atoms with Gasteiger partial charge in [0.2, 0.25) is 0 Å². The van der Waals surface area contributed by atoms with Gasteiger partial charge in [0.25, 0.3) is 5.91 Å². The van der Waals surface area contributed by atoms with E-state index in [1.54, 1.807) is 24.3 Å². The van der Waals surface area contributed by atoms with E-state index in [1.807, 2.05) is 55.5 Å². The zero-order valence-electron chi connectivity index (χ0n) is 19.0. The number of nitrogens with one attached hydrogen (secondary N) is 1. The van der Waals surface area contributed by atoms with Gasteiger partial charge in [0.05, 0.1) is 23.3 Å². The molecule has 1 heterocycles. The second-order valence-electron chi connectivity index (χ2n) is 7.88. The highest BCUT2D eigenvalue weighted by atomic mass is 79.9. The Morgan fingerprint density at radius 3 is 2.49 bits per heavy atom. The van der Waals surface area contributed by atoms with Gasteiger partial charge in [0.15, 0.2) is 0 Å². The van der Waals surface area contributed by atoms with Crippen LogP contribution in [0.1, 0.15) is 34.5 Å². The summed E-state index contributed by atoms with van der Waals surface area (Å²) < 4.78 is 0.833. The van der Waals surface area contributed by atoms with E-state index in [-0.39, 0.29) is 12.5 Å². The Morgan fingerprint density at radius 2 is 1.77 bits per heavy atom. The van der Waals surface area contributed by atoms with Gasteiger partial charge in [-0.25, -0.2) is 9.78 Å². The molecule has 4 aromatic rings. The summed E-state index contributed by atoms with van der Waals surface area (Å²) in [6, 6.07) is 22.4. The van der Waals surface area contributed by atoms with Crippen LogP contribution in [0.2, 0.25) is 5.02 Å². The Balaban J connectivity index is 1.71. The van der Waals surface area contributed by atoms with E-state index in [0.29, 0.717) is 27.1 Å². The number of rotatable bonds is 7. The molecule has 1 unspecified atom stereocenters. The van der Waals surface area contributed by atoms with Gasteiger partial charge in [-0.2, -0.15) is 4.89 Å². The fourth-order valence-electron chi connectivity index (χ4n) is 3.83. The first kappa shape index (κ1) is 24.9. The van der Waals surface area contributed by atoms with E-state index in [1.165, 1.54) is 6.92 Å². The number of pyridine rings is 1. The average molecular weight is 554 g/mol. The first-order valence-electron chi connectivity index (χ1n) is 10.9. The summed E-state index contributed by atoms with van der Waals surface area (Å²) >= 11 is 9.83. The minimum Gasteiger partial charge on any atom is -0.349 e. The standard InChI is InChI=1S/C27H22BrClN2O4/c1-16-25(21-14-19(28)12-13-23(21)31-26(16)18-8-4-3-5-9-18)27(33)30-15-24(35-34-17(2)32)20-10-6-7-11-22(20)29/h3-14,24H,15H2,1-2H3,(H,30,33). The minimum absolute atomic E-state index is 0.0216. The number of amides is 1. The highest BCUT2D eigenvalue weighted by molar-refractivity contribution is 9.10. The fourth-order valence-corrected chi connectivity index (χ4v) is 4.45. The molecule has 1 atom stereocenters. The SMILES string of the molecule is CC(=O)OOC(CNC(=O)c1c(C)c(-c2ccccc2)nc2ccc(Br)cc12)c1ccccc1Cl. The lowest BCUT2D eigenvalue weighted by Gasteiger charge is -2.19. The normalized spacial score (nSPS) is 11.8. The lowest BCUT2D eigenvalue weighted by molar-refractivity contribution is -0.297. The minimum atomic E-state index is -0.801. The van der Waals surface area contributed by atoms with Crippen LogP contribution in [0.15, 0.2) is 77.3 Å². The monoisotopic (exact) mass is 552 g/mol. The van der Waals surface area contributed by atoms with Gasteiger partial charge in [0, 0.05) is 32.9 Å². The number of aromatic nitrogens is 1. The predicted octanol–water partition coefficient (Wildman–Crippen LogP) is 6.59. The number of fused-ring (bicyclic) bond motifs is 1. The van der Waals surface area contributed by atoms with Crippen molar-refractivity contribution >= 4 is 50.3 Å². The van der Waals surface area contributed by atoms with Gasteiger partial charge >= 0.3 is 5.97 Å². The summed E-state index contributed by atoms with van der Waals surface area (Å²) in [6.07, 6.45) is -0.801. The van der Waals surface area contributed by atoms with Gasteiger partial charge in [-0.05, 0) is 36.8 Å². The lowest BCUT2D eigenvalue weighted by Crippen LogP contribution is -2.31. The fraction of sp³-hybridized carbons (Fsp3) is 0.148. The second kappa shape index (κ2) is 11.0. The smallest absolute Gasteiger partial charge is 0.339 e. The number of nitrogens with zero attached hydrogens (tertiary/aromatic N) is 1. The number of carbonyl (C=O) groups is 2. The third-order valence-corrected chi connectivity index (χ3v) is 6.28. The average Bonchev–Trinajstić information content (AvgIpc) is 2.84. The molecule has 0 saturated heterocycles. The molecule has 8 heteroatoms. The highest BCUT2D eigenvalue weighted by Crippen LogP contribution is 2.32. The van der Waals surface area contributed by atoms with Crippen molar-refractivity contribution < 1.29 is 19.4 Å². The van der Waals surface area contributed by atoms with E-state index in [9.17, 15) is 9.59 Å². The quantitative estimate of drug-likeness (QED) is 0.206. The number of hydrogen-bond acceptors (Lipinski definition) is 5. The molecule has 6 nitrogen and oxygen atoms in total. The zero-order chi connectivity index (χ0) is 24.9. The number of hydrogen-bond donors (Lipinski definition) is 1. The Bertz CT molecular complexity index is 1400. The molecule has 1 aromatic heterocycles. The molecule has 178 valence electrons. The van der Waals surface area contributed by atoms with Crippen LogP contribution < -0.4 is 5.32 Å². The topological polar surface area (TPSA) is 77.5 Å². The Morgan fingerprint density at radius 1 is 1.06 bits per heavy atom. The van der Waals surface area contributed by atoms with Crippen LogP contribution in [-0.4, -0.2) is 23.4 Å². The number of benzene rings is 3. The Labute approximate surface area is 216 Å². The molecule has 0 aliphatic heterocycles. The molecule has 1 N–H and O–H groups in total. The van der Waals surface area contributed by atoms with Crippen LogP contribution in [0.5, 0.6) is 0 Å². The van der Waals surface area contributed by atoms with Crippen LogP contribution in [-0.2, 0) is 14.6 Å². The van der Waals surface area contributed by atoms with Crippen molar-refractivity contribution in [1.82, 2.24) is 10.3 Å². The van der Waals surface area contributed by atoms with Gasteiger partial charge < -0.3 is 5.32 Å². The van der Waals surface area contributed by atoms with Gasteiger partial charge in [-0.1, -0.05) is 76.1 Å². The maximum atomic E-state index is 13.6. The van der Waals surface area contributed by atoms with E-state index in [0.717, 1.165) is 21.3 Å². The zero-order valence-corrected chi connectivity index (χ0v) is 21.4.